The minimum Gasteiger partial charge on any atom is -0.398 e. The van der Waals surface area contributed by atoms with Gasteiger partial charge in [0.2, 0.25) is 0 Å². The van der Waals surface area contributed by atoms with Crippen molar-refractivity contribution in [1.82, 2.24) is 0 Å². The Bertz CT molecular complexity index is 419. The average molecular weight is 276 g/mol. The number of nitrogens with one attached hydrogen (secondary N) is 1. The Labute approximate surface area is 110 Å². The van der Waals surface area contributed by atoms with E-state index in [0.29, 0.717) is 18.0 Å². The van der Waals surface area contributed by atoms with Crippen molar-refractivity contribution in [2.45, 2.75) is 32.5 Å². The highest BCUT2D eigenvalue weighted by molar-refractivity contribution is 5.58. The molecule has 1 rings (SSSR count). The van der Waals surface area contributed by atoms with Gasteiger partial charge in [-0.25, -0.2) is 0 Å². The number of aliphatic hydroxyl groups excluding tert-OH is 1. The largest absolute Gasteiger partial charge is 0.418 e. The molecule has 6 heteroatoms. The third-order valence-electron chi connectivity index (χ3n) is 2.64. The van der Waals surface area contributed by atoms with Gasteiger partial charge in [0.1, 0.15) is 0 Å². The molecule has 0 amide bonds. The fourth-order valence-electron chi connectivity index (χ4n) is 1.77. The molecule has 0 fully saturated rings. The van der Waals surface area contributed by atoms with Crippen LogP contribution < -0.4 is 11.1 Å². The fourth-order valence-corrected chi connectivity index (χ4v) is 1.77. The summed E-state index contributed by atoms with van der Waals surface area (Å²) in [5.41, 5.74) is 4.43. The minimum absolute atomic E-state index is 0.208. The fraction of sp³-hybridized carbons (Fsp3) is 0.538. The van der Waals surface area contributed by atoms with Crippen LogP contribution >= 0.6 is 0 Å². The lowest BCUT2D eigenvalue weighted by molar-refractivity contribution is -0.136. The highest BCUT2D eigenvalue weighted by Gasteiger charge is 2.33. The Morgan fingerprint density at radius 2 is 1.95 bits per heavy atom. The summed E-state index contributed by atoms with van der Waals surface area (Å²) in [5, 5.41) is 12.4. The van der Waals surface area contributed by atoms with Crippen LogP contribution in [0.4, 0.5) is 24.5 Å². The van der Waals surface area contributed by atoms with E-state index in [-0.39, 0.29) is 12.2 Å². The number of hydrogen-bond donors (Lipinski definition) is 3. The summed E-state index contributed by atoms with van der Waals surface area (Å²) in [4.78, 5) is 0. The predicted octanol–water partition coefficient (Wildman–Crippen LogP) is 3.11. The molecule has 0 aliphatic rings. The van der Waals surface area contributed by atoms with Crippen molar-refractivity contribution in [3.8, 4) is 0 Å². The smallest absolute Gasteiger partial charge is 0.398 e. The quantitative estimate of drug-likeness (QED) is 0.724. The zero-order chi connectivity index (χ0) is 14.6. The number of rotatable bonds is 5. The molecule has 19 heavy (non-hydrogen) atoms. The van der Waals surface area contributed by atoms with E-state index < -0.39 is 17.8 Å². The molecule has 0 aromatic heterocycles. The van der Waals surface area contributed by atoms with Crippen LogP contribution in [-0.2, 0) is 6.18 Å². The molecule has 0 spiro atoms. The van der Waals surface area contributed by atoms with E-state index in [1.165, 1.54) is 12.1 Å². The van der Waals surface area contributed by atoms with Crippen molar-refractivity contribution in [1.29, 1.82) is 0 Å². The molecule has 1 atom stereocenters. The van der Waals surface area contributed by atoms with Crippen molar-refractivity contribution in [3.63, 3.8) is 0 Å². The SMILES string of the molecule is CC(C)CC(O)CNc1ccc(N)c(C(F)(F)F)c1. The van der Waals surface area contributed by atoms with Crippen molar-refractivity contribution in [2.24, 2.45) is 5.92 Å². The van der Waals surface area contributed by atoms with E-state index in [1.54, 1.807) is 0 Å². The van der Waals surface area contributed by atoms with Gasteiger partial charge in [-0.2, -0.15) is 13.2 Å². The lowest BCUT2D eigenvalue weighted by atomic mass is 10.1. The van der Waals surface area contributed by atoms with Crippen molar-refractivity contribution in [3.05, 3.63) is 23.8 Å². The second-order valence-electron chi connectivity index (χ2n) is 4.96. The number of hydrogen-bond acceptors (Lipinski definition) is 3. The maximum atomic E-state index is 12.6. The van der Waals surface area contributed by atoms with Crippen LogP contribution in [-0.4, -0.2) is 17.8 Å². The summed E-state index contributed by atoms with van der Waals surface area (Å²) in [6, 6.07) is 3.63. The van der Waals surface area contributed by atoms with Crippen LogP contribution in [0.5, 0.6) is 0 Å². The van der Waals surface area contributed by atoms with Crippen LogP contribution in [0.1, 0.15) is 25.8 Å². The number of benzene rings is 1. The normalized spacial score (nSPS) is 13.6. The third kappa shape index (κ3) is 4.98. The first kappa shape index (κ1) is 15.6. The molecule has 108 valence electrons. The van der Waals surface area contributed by atoms with Gasteiger partial charge in [0.15, 0.2) is 0 Å². The number of aliphatic hydroxyl groups is 1. The molecule has 4 N–H and O–H groups in total. The molecule has 1 aromatic carbocycles. The molecule has 0 radical (unpaired) electrons. The van der Waals surface area contributed by atoms with Gasteiger partial charge in [0.25, 0.3) is 0 Å². The highest BCUT2D eigenvalue weighted by Crippen LogP contribution is 2.35. The zero-order valence-electron chi connectivity index (χ0n) is 11.0. The van der Waals surface area contributed by atoms with Crippen molar-refractivity contribution < 1.29 is 18.3 Å². The molecule has 0 saturated heterocycles. The first-order valence-corrected chi connectivity index (χ1v) is 6.08. The second kappa shape index (κ2) is 6.14. The summed E-state index contributed by atoms with van der Waals surface area (Å²) in [5.74, 6) is 0.328. The standard InChI is InChI=1S/C13H19F3N2O/c1-8(2)5-10(19)7-18-9-3-4-12(17)11(6-9)13(14,15)16/h3-4,6,8,10,18-19H,5,7,17H2,1-2H3. The van der Waals surface area contributed by atoms with E-state index >= 15 is 0 Å². The molecule has 0 aliphatic heterocycles. The van der Waals surface area contributed by atoms with E-state index in [0.717, 1.165) is 6.07 Å². The van der Waals surface area contributed by atoms with E-state index in [9.17, 15) is 18.3 Å². The van der Waals surface area contributed by atoms with Gasteiger partial charge in [-0.05, 0) is 30.5 Å². The van der Waals surface area contributed by atoms with Crippen LogP contribution in [0.3, 0.4) is 0 Å². The van der Waals surface area contributed by atoms with Gasteiger partial charge < -0.3 is 16.2 Å². The van der Waals surface area contributed by atoms with Crippen LogP contribution in [0, 0.1) is 5.92 Å². The van der Waals surface area contributed by atoms with E-state index in [4.69, 9.17) is 5.73 Å². The number of nitrogens with two attached hydrogens (primary N) is 1. The Morgan fingerprint density at radius 3 is 2.47 bits per heavy atom. The number of anilines is 2. The summed E-state index contributed by atoms with van der Waals surface area (Å²) in [7, 11) is 0. The maximum Gasteiger partial charge on any atom is 0.418 e. The second-order valence-corrected chi connectivity index (χ2v) is 4.96. The summed E-state index contributed by atoms with van der Waals surface area (Å²) in [6.07, 6.45) is -4.47. The van der Waals surface area contributed by atoms with Gasteiger partial charge in [0.05, 0.1) is 11.7 Å². The highest BCUT2D eigenvalue weighted by atomic mass is 19.4. The number of alkyl halides is 3. The topological polar surface area (TPSA) is 58.3 Å². The average Bonchev–Trinajstić information content (AvgIpc) is 2.25. The minimum atomic E-state index is -4.47. The lowest BCUT2D eigenvalue weighted by Crippen LogP contribution is -2.21. The molecular weight excluding hydrogens is 257 g/mol. The van der Waals surface area contributed by atoms with Crippen LogP contribution in [0.15, 0.2) is 18.2 Å². The Balaban J connectivity index is 2.70. The van der Waals surface area contributed by atoms with Gasteiger partial charge in [-0.1, -0.05) is 13.8 Å². The predicted molar refractivity (Wildman–Crippen MR) is 69.8 cm³/mol. The molecule has 3 nitrogen and oxygen atoms in total. The molecular formula is C13H19F3N2O. The molecule has 0 aliphatic carbocycles. The molecule has 1 aromatic rings. The van der Waals surface area contributed by atoms with E-state index in [1.807, 2.05) is 13.8 Å². The molecule has 1 unspecified atom stereocenters. The molecule has 0 saturated carbocycles. The Hall–Kier alpha value is -1.43. The summed E-state index contributed by atoms with van der Waals surface area (Å²) in [6.45, 7) is 4.14. The first-order chi connectivity index (χ1) is 8.70. The summed E-state index contributed by atoms with van der Waals surface area (Å²) < 4.78 is 37.9. The van der Waals surface area contributed by atoms with Gasteiger partial charge in [-0.3, -0.25) is 0 Å². The van der Waals surface area contributed by atoms with Gasteiger partial charge >= 0.3 is 6.18 Å². The van der Waals surface area contributed by atoms with Crippen molar-refractivity contribution in [2.75, 3.05) is 17.6 Å². The molecule has 0 bridgehead atoms. The first-order valence-electron chi connectivity index (χ1n) is 6.08. The van der Waals surface area contributed by atoms with Crippen LogP contribution in [0.25, 0.3) is 0 Å². The number of halogens is 3. The lowest BCUT2D eigenvalue weighted by Gasteiger charge is -2.16. The third-order valence-corrected chi connectivity index (χ3v) is 2.64. The maximum absolute atomic E-state index is 12.6. The Morgan fingerprint density at radius 1 is 1.32 bits per heavy atom. The Kier molecular flexibility index (Phi) is 5.05. The summed E-state index contributed by atoms with van der Waals surface area (Å²) >= 11 is 0. The number of nitrogen functional groups attached to an aromatic ring is 1. The van der Waals surface area contributed by atoms with Gasteiger partial charge in [-0.15, -0.1) is 0 Å². The van der Waals surface area contributed by atoms with Gasteiger partial charge in [0, 0.05) is 17.9 Å². The van der Waals surface area contributed by atoms with Crippen LogP contribution in [0.2, 0.25) is 0 Å². The van der Waals surface area contributed by atoms with E-state index in [2.05, 4.69) is 5.32 Å². The van der Waals surface area contributed by atoms with Crippen molar-refractivity contribution >= 4 is 11.4 Å². The zero-order valence-corrected chi connectivity index (χ0v) is 11.0. The molecule has 0 heterocycles. The monoisotopic (exact) mass is 276 g/mol.